The number of benzene rings is 2. The molecule has 1 amide bonds. The lowest BCUT2D eigenvalue weighted by molar-refractivity contribution is -0.139. The molecule has 31 heavy (non-hydrogen) atoms. The maximum atomic E-state index is 12.0. The van der Waals surface area contributed by atoms with Crippen LogP contribution < -0.4 is 5.32 Å². The molecular weight excluding hydrogens is 398 g/mol. The fourth-order valence-electron chi connectivity index (χ4n) is 2.66. The Morgan fingerprint density at radius 2 is 1.77 bits per heavy atom. The first-order valence-corrected chi connectivity index (χ1v) is 9.81. The zero-order valence-corrected chi connectivity index (χ0v) is 17.8. The molecule has 0 radical (unpaired) electrons. The van der Waals surface area contributed by atoms with Crippen molar-refractivity contribution in [2.24, 2.45) is 9.98 Å². The summed E-state index contributed by atoms with van der Waals surface area (Å²) in [5.74, 6) is -0.631. The molecule has 0 saturated heterocycles. The van der Waals surface area contributed by atoms with E-state index in [1.54, 1.807) is 51.4 Å². The van der Waals surface area contributed by atoms with Crippen molar-refractivity contribution in [3.8, 4) is 0 Å². The van der Waals surface area contributed by atoms with E-state index in [0.717, 1.165) is 16.7 Å². The lowest BCUT2D eigenvalue weighted by Crippen LogP contribution is -2.42. The number of alkyl carbamates (subject to hydrolysis) is 1. The van der Waals surface area contributed by atoms with Crippen LogP contribution in [0.4, 0.5) is 4.79 Å². The van der Waals surface area contributed by atoms with Crippen molar-refractivity contribution in [1.82, 2.24) is 5.32 Å². The summed E-state index contributed by atoms with van der Waals surface area (Å²) in [6, 6.07) is 15.2. The summed E-state index contributed by atoms with van der Waals surface area (Å²) in [5.41, 5.74) is 2.32. The van der Waals surface area contributed by atoms with E-state index in [4.69, 9.17) is 9.47 Å². The molecule has 0 bridgehead atoms. The van der Waals surface area contributed by atoms with Crippen LogP contribution in [0.5, 0.6) is 0 Å². The number of carboxylic acids is 1. The van der Waals surface area contributed by atoms with Gasteiger partial charge in [0.2, 0.25) is 0 Å². The van der Waals surface area contributed by atoms with Crippen LogP contribution in [0.1, 0.15) is 30.5 Å². The highest BCUT2D eigenvalue weighted by molar-refractivity contribution is 6.02. The number of hydrogen-bond donors (Lipinski definition) is 2. The number of aliphatic carboxylic acids is 1. The maximum absolute atomic E-state index is 12.0. The Labute approximate surface area is 181 Å². The molecule has 8 heteroatoms. The van der Waals surface area contributed by atoms with Gasteiger partial charge >= 0.3 is 12.1 Å². The fourth-order valence-corrected chi connectivity index (χ4v) is 2.66. The minimum absolute atomic E-state index is 0.0632. The minimum atomic E-state index is -1.15. The van der Waals surface area contributed by atoms with E-state index >= 15 is 0 Å². The quantitative estimate of drug-likeness (QED) is 0.472. The third kappa shape index (κ3) is 8.02. The number of amidine groups is 1. The molecule has 0 fully saturated rings. The number of hydrogen-bond acceptors (Lipinski definition) is 5. The Morgan fingerprint density at radius 1 is 1.10 bits per heavy atom. The summed E-state index contributed by atoms with van der Waals surface area (Å²) < 4.78 is 10.3. The van der Waals surface area contributed by atoms with E-state index in [9.17, 15) is 14.7 Å². The molecule has 164 valence electrons. The van der Waals surface area contributed by atoms with E-state index in [-0.39, 0.29) is 19.3 Å². The zero-order chi connectivity index (χ0) is 22.6. The summed E-state index contributed by atoms with van der Waals surface area (Å²) >= 11 is 0. The number of carbonyl (C=O) groups excluding carboxylic acids is 1. The van der Waals surface area contributed by atoms with Crippen LogP contribution in [-0.4, -0.2) is 48.6 Å². The Bertz CT molecular complexity index is 911. The molecule has 8 nitrogen and oxygen atoms in total. The normalized spacial score (nSPS) is 13.6. The van der Waals surface area contributed by atoms with Gasteiger partial charge in [-0.2, -0.15) is 0 Å². The molecule has 2 rings (SSSR count). The molecule has 0 saturated carbocycles. The highest BCUT2D eigenvalue weighted by atomic mass is 16.5. The molecule has 0 spiro atoms. The third-order valence-electron chi connectivity index (χ3n) is 4.35. The number of carboxylic acid groups (broad SMARTS) is 1. The summed E-state index contributed by atoms with van der Waals surface area (Å²) in [6.07, 6.45) is 0.614. The average Bonchev–Trinajstić information content (AvgIpc) is 2.78. The standard InChI is InChI=1S/C23H27N3O5/c1-4-24-21(25-16(2)30-3)19-12-10-17(11-13-19)14-20(22(27)28)26-23(29)31-15-18-8-6-5-7-9-18/h4-13,16,20H,14-15H2,1-3H3,(H,26,29)(H,27,28)/b24-4-,25-21-/t16?,20-/m0/s1. The number of rotatable bonds is 9. The molecule has 2 aromatic rings. The summed E-state index contributed by atoms with van der Waals surface area (Å²) in [7, 11) is 1.56. The highest BCUT2D eigenvalue weighted by Crippen LogP contribution is 2.11. The number of amides is 1. The topological polar surface area (TPSA) is 110 Å². The Balaban J connectivity index is 2.01. The van der Waals surface area contributed by atoms with Gasteiger partial charge in [-0.1, -0.05) is 54.6 Å². The number of aliphatic imine (C=N–C) groups is 2. The van der Waals surface area contributed by atoms with Gasteiger partial charge in [0.05, 0.1) is 0 Å². The van der Waals surface area contributed by atoms with Crippen molar-refractivity contribution < 1.29 is 24.2 Å². The van der Waals surface area contributed by atoms with Crippen molar-refractivity contribution in [2.45, 2.75) is 39.1 Å². The lowest BCUT2D eigenvalue weighted by Gasteiger charge is -2.15. The summed E-state index contributed by atoms with van der Waals surface area (Å²) in [4.78, 5) is 32.3. The molecule has 2 N–H and O–H groups in total. The second-order valence-electron chi connectivity index (χ2n) is 6.67. The van der Waals surface area contributed by atoms with Crippen LogP contribution in [0.3, 0.4) is 0 Å². The Morgan fingerprint density at radius 3 is 2.35 bits per heavy atom. The molecule has 0 aliphatic rings. The lowest BCUT2D eigenvalue weighted by atomic mass is 10.0. The smallest absolute Gasteiger partial charge is 0.408 e. The van der Waals surface area contributed by atoms with Gasteiger partial charge < -0.3 is 19.9 Å². The fraction of sp³-hybridized carbons (Fsp3) is 0.304. The van der Waals surface area contributed by atoms with Gasteiger partial charge in [-0.25, -0.2) is 19.6 Å². The van der Waals surface area contributed by atoms with Crippen molar-refractivity contribution >= 4 is 24.1 Å². The Kier molecular flexibility index (Phi) is 9.38. The number of nitrogens with zero attached hydrogens (tertiary/aromatic N) is 2. The van der Waals surface area contributed by atoms with E-state index < -0.39 is 18.1 Å². The van der Waals surface area contributed by atoms with Crippen LogP contribution >= 0.6 is 0 Å². The van der Waals surface area contributed by atoms with E-state index in [0.29, 0.717) is 5.84 Å². The van der Waals surface area contributed by atoms with Crippen LogP contribution in [-0.2, 0) is 27.3 Å². The van der Waals surface area contributed by atoms with Crippen LogP contribution in [0.2, 0.25) is 0 Å². The predicted octanol–water partition coefficient (Wildman–Crippen LogP) is 3.44. The molecule has 0 aliphatic carbocycles. The average molecular weight is 425 g/mol. The van der Waals surface area contributed by atoms with E-state index in [1.807, 2.05) is 30.3 Å². The molecule has 0 heterocycles. The summed E-state index contributed by atoms with van der Waals surface area (Å²) in [5, 5.41) is 11.9. The van der Waals surface area contributed by atoms with Crippen molar-refractivity contribution in [1.29, 1.82) is 0 Å². The second-order valence-corrected chi connectivity index (χ2v) is 6.67. The van der Waals surface area contributed by atoms with E-state index in [2.05, 4.69) is 15.3 Å². The third-order valence-corrected chi connectivity index (χ3v) is 4.35. The van der Waals surface area contributed by atoms with E-state index in [1.165, 1.54) is 0 Å². The molecule has 0 aromatic heterocycles. The first-order valence-electron chi connectivity index (χ1n) is 9.81. The molecule has 1 unspecified atom stereocenters. The monoisotopic (exact) mass is 425 g/mol. The molecule has 0 aliphatic heterocycles. The second kappa shape index (κ2) is 12.2. The summed E-state index contributed by atoms with van der Waals surface area (Å²) in [6.45, 7) is 3.66. The van der Waals surface area contributed by atoms with Crippen LogP contribution in [0, 0.1) is 0 Å². The van der Waals surface area contributed by atoms with Gasteiger partial charge in [-0.3, -0.25) is 0 Å². The van der Waals surface area contributed by atoms with Gasteiger partial charge in [0.1, 0.15) is 18.9 Å². The Hall–Kier alpha value is -3.52. The molecular formula is C23H27N3O5. The SMILES string of the molecule is C/C=N\C(=N/C(C)OC)c1ccc(C[C@H](NC(=O)OCc2ccccc2)C(=O)O)cc1. The van der Waals surface area contributed by atoms with Crippen molar-refractivity contribution in [3.05, 3.63) is 71.3 Å². The zero-order valence-electron chi connectivity index (χ0n) is 17.8. The number of methoxy groups -OCH3 is 1. The highest BCUT2D eigenvalue weighted by Gasteiger charge is 2.21. The largest absolute Gasteiger partial charge is 0.480 e. The van der Waals surface area contributed by atoms with Gasteiger partial charge in [0.15, 0.2) is 5.84 Å². The number of carbonyl (C=O) groups is 2. The predicted molar refractivity (Wildman–Crippen MR) is 119 cm³/mol. The van der Waals surface area contributed by atoms with Gasteiger partial charge in [-0.05, 0) is 25.0 Å². The van der Waals surface area contributed by atoms with Gasteiger partial charge in [-0.15, -0.1) is 0 Å². The first kappa shape index (κ1) is 23.8. The molecule has 2 aromatic carbocycles. The maximum Gasteiger partial charge on any atom is 0.408 e. The van der Waals surface area contributed by atoms with Crippen molar-refractivity contribution in [3.63, 3.8) is 0 Å². The van der Waals surface area contributed by atoms with Gasteiger partial charge in [0.25, 0.3) is 0 Å². The van der Waals surface area contributed by atoms with Crippen molar-refractivity contribution in [2.75, 3.05) is 7.11 Å². The molecule has 2 atom stereocenters. The van der Waals surface area contributed by atoms with Crippen LogP contribution in [0.15, 0.2) is 64.6 Å². The first-order chi connectivity index (χ1) is 14.9. The number of ether oxygens (including phenoxy) is 2. The van der Waals surface area contributed by atoms with Crippen LogP contribution in [0.25, 0.3) is 0 Å². The number of nitrogens with one attached hydrogen (secondary N) is 1. The minimum Gasteiger partial charge on any atom is -0.480 e. The van der Waals surface area contributed by atoms with Gasteiger partial charge in [0, 0.05) is 25.3 Å².